The molecule has 1 aromatic rings. The van der Waals surface area contributed by atoms with Crippen LogP contribution in [0.15, 0.2) is 18.2 Å². The van der Waals surface area contributed by atoms with Crippen LogP contribution in [0, 0.1) is 16.7 Å². The Hall–Kier alpha value is -2.51. The maximum atomic E-state index is 10.6. The van der Waals surface area contributed by atoms with Gasteiger partial charge in [-0.2, -0.15) is 18.4 Å². The highest BCUT2D eigenvalue weighted by molar-refractivity contribution is 5.73. The Morgan fingerprint density at radius 1 is 1.25 bits per heavy atom. The topological polar surface area (TPSA) is 100 Å². The number of rotatable bonds is 4. The van der Waals surface area contributed by atoms with Crippen molar-refractivity contribution in [2.45, 2.75) is 50.4 Å². The zero-order valence-corrected chi connectivity index (χ0v) is 18.1. The summed E-state index contributed by atoms with van der Waals surface area (Å²) in [6.07, 6.45) is 1.03. The van der Waals surface area contributed by atoms with Crippen molar-refractivity contribution in [2.24, 2.45) is 5.41 Å². The van der Waals surface area contributed by atoms with E-state index in [0.29, 0.717) is 17.5 Å². The zero-order chi connectivity index (χ0) is 23.4. The van der Waals surface area contributed by atoms with Gasteiger partial charge in [0.25, 0.3) is 0 Å². The molecule has 10 heteroatoms. The Bertz CT molecular complexity index is 833. The number of halogens is 3. The number of hydrogen-bond acceptors (Lipinski definition) is 6. The number of alkyl halides is 3. The van der Waals surface area contributed by atoms with Crippen LogP contribution in [0.4, 0.5) is 24.5 Å². The van der Waals surface area contributed by atoms with E-state index in [4.69, 9.17) is 9.90 Å². The SMILES string of the molecule is CN1CCC(Nc2cc(NC3CC4(CCNC4)C3)ccc2C#N)CC1.O=C(O)C(F)(F)F. The van der Waals surface area contributed by atoms with Gasteiger partial charge in [-0.05, 0) is 82.4 Å². The van der Waals surface area contributed by atoms with E-state index < -0.39 is 12.1 Å². The predicted octanol–water partition coefficient (Wildman–Crippen LogP) is 3.25. The molecule has 0 bridgehead atoms. The van der Waals surface area contributed by atoms with Gasteiger partial charge in [0.1, 0.15) is 6.07 Å². The summed E-state index contributed by atoms with van der Waals surface area (Å²) >= 11 is 0. The standard InChI is InChI=1S/C20H29N5.C2HF3O2/c1-25-8-4-16(5-9-25)24-19-10-17(3-2-15(19)13-21)23-18-11-20(12-18)6-7-22-14-20;3-2(4,5)1(6)7/h2-3,10,16,18,22-24H,4-9,11-12,14H2,1H3;(H,6,7). The second-order valence-electron chi connectivity index (χ2n) is 9.07. The molecule has 2 heterocycles. The normalized spacial score (nSPS) is 25.9. The van der Waals surface area contributed by atoms with Crippen molar-refractivity contribution in [3.05, 3.63) is 23.8 Å². The lowest BCUT2D eigenvalue weighted by atomic mass is 9.65. The predicted molar refractivity (Wildman–Crippen MR) is 116 cm³/mol. The molecule has 1 saturated carbocycles. The first-order valence-corrected chi connectivity index (χ1v) is 10.9. The molecule has 176 valence electrons. The maximum Gasteiger partial charge on any atom is 0.490 e. The quantitative estimate of drug-likeness (QED) is 0.555. The molecule has 4 rings (SSSR count). The van der Waals surface area contributed by atoms with E-state index >= 15 is 0 Å². The van der Waals surface area contributed by atoms with Crippen LogP contribution in [-0.4, -0.2) is 67.5 Å². The minimum absolute atomic E-state index is 0.468. The average Bonchev–Trinajstić information content (AvgIpc) is 3.19. The molecule has 0 amide bonds. The molecular weight excluding hydrogens is 423 g/mol. The Kier molecular flexibility index (Phi) is 7.51. The summed E-state index contributed by atoms with van der Waals surface area (Å²) in [5.41, 5.74) is 3.42. The summed E-state index contributed by atoms with van der Waals surface area (Å²) in [4.78, 5) is 11.3. The Labute approximate surface area is 186 Å². The lowest BCUT2D eigenvalue weighted by Gasteiger charge is -2.45. The third kappa shape index (κ3) is 6.26. The smallest absolute Gasteiger partial charge is 0.475 e. The number of nitrogens with one attached hydrogen (secondary N) is 3. The molecule has 7 nitrogen and oxygen atoms in total. The first-order chi connectivity index (χ1) is 15.1. The molecule has 2 saturated heterocycles. The number of benzene rings is 1. The van der Waals surface area contributed by atoms with Gasteiger partial charge in [0.15, 0.2) is 0 Å². The lowest BCUT2D eigenvalue weighted by molar-refractivity contribution is -0.192. The average molecular weight is 454 g/mol. The van der Waals surface area contributed by atoms with E-state index in [9.17, 15) is 18.4 Å². The van der Waals surface area contributed by atoms with Crippen molar-refractivity contribution in [1.82, 2.24) is 10.2 Å². The minimum Gasteiger partial charge on any atom is -0.475 e. The highest BCUT2D eigenvalue weighted by Gasteiger charge is 2.45. The number of carboxylic acids is 1. The van der Waals surface area contributed by atoms with Gasteiger partial charge in [0, 0.05) is 24.3 Å². The molecular formula is C22H30F3N5O2. The fourth-order valence-electron chi connectivity index (χ4n) is 4.69. The van der Waals surface area contributed by atoms with Gasteiger partial charge in [-0.1, -0.05) is 0 Å². The third-order valence-electron chi connectivity index (χ3n) is 6.52. The maximum absolute atomic E-state index is 10.6. The van der Waals surface area contributed by atoms with Crippen LogP contribution >= 0.6 is 0 Å². The Balaban J connectivity index is 0.000000360. The summed E-state index contributed by atoms with van der Waals surface area (Å²) in [7, 11) is 2.17. The number of aliphatic carboxylic acids is 1. The summed E-state index contributed by atoms with van der Waals surface area (Å²) in [5, 5.41) is 27.4. The molecule has 4 N–H and O–H groups in total. The second kappa shape index (κ2) is 9.96. The molecule has 1 aliphatic carbocycles. The van der Waals surface area contributed by atoms with Crippen LogP contribution in [0.5, 0.6) is 0 Å². The van der Waals surface area contributed by atoms with Gasteiger partial charge in [-0.15, -0.1) is 0 Å². The Morgan fingerprint density at radius 2 is 1.91 bits per heavy atom. The van der Waals surface area contributed by atoms with Gasteiger partial charge >= 0.3 is 12.1 Å². The fourth-order valence-corrected chi connectivity index (χ4v) is 4.69. The molecule has 2 aliphatic heterocycles. The number of nitriles is 1. The van der Waals surface area contributed by atoms with Crippen molar-refractivity contribution in [1.29, 1.82) is 5.26 Å². The van der Waals surface area contributed by atoms with E-state index in [1.54, 1.807) is 0 Å². The molecule has 0 unspecified atom stereocenters. The number of anilines is 2. The first kappa shape index (κ1) is 24.1. The van der Waals surface area contributed by atoms with E-state index in [2.05, 4.69) is 46.1 Å². The lowest BCUT2D eigenvalue weighted by Crippen LogP contribution is -2.46. The van der Waals surface area contributed by atoms with Crippen molar-refractivity contribution >= 4 is 17.3 Å². The molecule has 3 fully saturated rings. The van der Waals surface area contributed by atoms with Crippen LogP contribution in [-0.2, 0) is 4.79 Å². The number of carboxylic acid groups (broad SMARTS) is 1. The number of carbonyl (C=O) groups is 1. The fraction of sp³-hybridized carbons (Fsp3) is 0.636. The van der Waals surface area contributed by atoms with Gasteiger partial charge < -0.3 is 26.0 Å². The van der Waals surface area contributed by atoms with Crippen molar-refractivity contribution < 1.29 is 23.1 Å². The highest BCUT2D eigenvalue weighted by atomic mass is 19.4. The van der Waals surface area contributed by atoms with Gasteiger partial charge in [-0.25, -0.2) is 4.79 Å². The number of piperidine rings is 1. The van der Waals surface area contributed by atoms with Gasteiger partial charge in [-0.3, -0.25) is 0 Å². The van der Waals surface area contributed by atoms with Crippen molar-refractivity contribution in [3.8, 4) is 6.07 Å². The van der Waals surface area contributed by atoms with E-state index in [1.165, 1.54) is 32.4 Å². The van der Waals surface area contributed by atoms with Crippen LogP contribution in [0.1, 0.15) is 37.7 Å². The summed E-state index contributed by atoms with van der Waals surface area (Å²) in [6, 6.07) is 9.51. The zero-order valence-electron chi connectivity index (χ0n) is 18.1. The van der Waals surface area contributed by atoms with Crippen molar-refractivity contribution in [2.75, 3.05) is 43.9 Å². The number of likely N-dealkylation sites (tertiary alicyclic amines) is 1. The number of nitrogens with zero attached hydrogens (tertiary/aromatic N) is 2. The van der Waals surface area contributed by atoms with Crippen LogP contribution in [0.25, 0.3) is 0 Å². The van der Waals surface area contributed by atoms with Gasteiger partial charge in [0.05, 0.1) is 11.3 Å². The van der Waals surface area contributed by atoms with Crippen LogP contribution < -0.4 is 16.0 Å². The van der Waals surface area contributed by atoms with Crippen molar-refractivity contribution in [3.63, 3.8) is 0 Å². The summed E-state index contributed by atoms with van der Waals surface area (Å²) in [5.74, 6) is -2.76. The summed E-state index contributed by atoms with van der Waals surface area (Å²) < 4.78 is 31.7. The van der Waals surface area contributed by atoms with Crippen LogP contribution in [0.3, 0.4) is 0 Å². The number of hydrogen-bond donors (Lipinski definition) is 4. The van der Waals surface area contributed by atoms with E-state index in [0.717, 1.165) is 42.9 Å². The summed E-state index contributed by atoms with van der Waals surface area (Å²) in [6.45, 7) is 4.60. The molecule has 1 spiro atoms. The third-order valence-corrected chi connectivity index (χ3v) is 6.52. The highest BCUT2D eigenvalue weighted by Crippen LogP contribution is 2.46. The first-order valence-electron chi connectivity index (χ1n) is 10.9. The monoisotopic (exact) mass is 453 g/mol. The second-order valence-corrected chi connectivity index (χ2v) is 9.07. The largest absolute Gasteiger partial charge is 0.490 e. The Morgan fingerprint density at radius 3 is 2.44 bits per heavy atom. The van der Waals surface area contributed by atoms with E-state index in [1.807, 2.05) is 6.07 Å². The molecule has 0 atom stereocenters. The molecule has 0 radical (unpaired) electrons. The minimum atomic E-state index is -5.08. The van der Waals surface area contributed by atoms with Gasteiger partial charge in [0.2, 0.25) is 0 Å². The van der Waals surface area contributed by atoms with Crippen LogP contribution in [0.2, 0.25) is 0 Å². The molecule has 1 aromatic carbocycles. The molecule has 0 aromatic heterocycles. The molecule has 3 aliphatic rings. The molecule has 32 heavy (non-hydrogen) atoms. The van der Waals surface area contributed by atoms with E-state index in [-0.39, 0.29) is 0 Å².